The van der Waals surface area contributed by atoms with Gasteiger partial charge in [0.1, 0.15) is 12.0 Å². The summed E-state index contributed by atoms with van der Waals surface area (Å²) in [6, 6.07) is -0.388. The number of nitrogens with one attached hydrogen (secondary N) is 1. The molecule has 0 aromatic carbocycles. The molecule has 10 heteroatoms. The highest BCUT2D eigenvalue weighted by molar-refractivity contribution is 9.10. The first kappa shape index (κ1) is 19.2. The molecular weight excluding hydrogens is 420 g/mol. The van der Waals surface area contributed by atoms with Crippen LogP contribution in [0.1, 0.15) is 12.8 Å². The number of likely N-dealkylation sites (N-methyl/N-ethyl adjacent to an activating group) is 1. The first-order valence-corrected chi connectivity index (χ1v) is 10.4. The van der Waals surface area contributed by atoms with Crippen LogP contribution < -0.4 is 5.32 Å². The largest absolute Gasteiger partial charge is 0.500 e. The van der Waals surface area contributed by atoms with E-state index >= 15 is 0 Å². The van der Waals surface area contributed by atoms with Gasteiger partial charge in [-0.15, -0.1) is 0 Å². The van der Waals surface area contributed by atoms with Crippen LogP contribution in [0.3, 0.4) is 0 Å². The summed E-state index contributed by atoms with van der Waals surface area (Å²) in [6.45, 7) is 1.55. The topological polar surface area (TPSA) is 81.4 Å². The fourth-order valence-electron chi connectivity index (χ4n) is 3.18. The molecule has 1 aromatic rings. The Bertz CT molecular complexity index is 750. The second-order valence-corrected chi connectivity index (χ2v) is 8.02. The molecule has 1 N–H and O–H groups in total. The van der Waals surface area contributed by atoms with Crippen LogP contribution in [-0.2, 0) is 4.79 Å². The fraction of sp³-hybridized carbons (Fsp3) is 0.562. The summed E-state index contributed by atoms with van der Waals surface area (Å²) in [5, 5.41) is 4.20. The third-order valence-electron chi connectivity index (χ3n) is 4.71. The Morgan fingerprint density at radius 1 is 1.35 bits per heavy atom. The highest BCUT2D eigenvalue weighted by Crippen LogP contribution is 2.25. The number of likely N-dealkylation sites (tertiary alicyclic amines) is 1. The average molecular weight is 442 g/mol. The normalized spacial score (nSPS) is 22.5. The van der Waals surface area contributed by atoms with Crippen LogP contribution in [-0.4, -0.2) is 88.0 Å². The molecule has 140 valence electrons. The smallest absolute Gasteiger partial charge is 0.366 e. The van der Waals surface area contributed by atoms with Crippen LogP contribution in [0.25, 0.3) is 0 Å². The monoisotopic (exact) mass is 441 g/mol. The number of hydrogen-bond donors (Lipinski definition) is 1. The van der Waals surface area contributed by atoms with E-state index in [0.717, 1.165) is 41.4 Å². The van der Waals surface area contributed by atoms with Gasteiger partial charge in [0.25, 0.3) is 0 Å². The van der Waals surface area contributed by atoms with Crippen molar-refractivity contribution in [1.29, 1.82) is 0 Å². The number of nitrogens with zero attached hydrogens (tertiary/aromatic N) is 5. The second-order valence-electron chi connectivity index (χ2n) is 6.39. The summed E-state index contributed by atoms with van der Waals surface area (Å²) in [6.07, 6.45) is 7.20. The molecule has 2 aliphatic rings. The number of imide groups is 1. The van der Waals surface area contributed by atoms with Crippen molar-refractivity contribution in [2.75, 3.05) is 38.8 Å². The first-order chi connectivity index (χ1) is 12.4. The van der Waals surface area contributed by atoms with E-state index in [-0.39, 0.29) is 24.0 Å². The quantitative estimate of drug-likeness (QED) is 0.430. The molecule has 1 saturated heterocycles. The van der Waals surface area contributed by atoms with Crippen molar-refractivity contribution < 1.29 is 14.2 Å². The Labute approximate surface area is 165 Å². The fourth-order valence-corrected chi connectivity index (χ4v) is 3.83. The van der Waals surface area contributed by atoms with Crippen molar-refractivity contribution in [3.05, 3.63) is 10.7 Å². The molecule has 3 amide bonds. The van der Waals surface area contributed by atoms with Gasteiger partial charge in [-0.25, -0.2) is 19.3 Å². The maximum absolute atomic E-state index is 12.4. The van der Waals surface area contributed by atoms with Crippen LogP contribution in [0.5, 0.6) is 0 Å². The second kappa shape index (κ2) is 8.01. The lowest BCUT2D eigenvalue weighted by Gasteiger charge is -2.36. The van der Waals surface area contributed by atoms with Gasteiger partial charge < -0.3 is 5.32 Å². The molecule has 1 aromatic heterocycles. The summed E-state index contributed by atoms with van der Waals surface area (Å²) in [5.74, 6) is 0.635. The van der Waals surface area contributed by atoms with Gasteiger partial charge in [0.05, 0.1) is 18.6 Å². The van der Waals surface area contributed by atoms with Gasteiger partial charge in [-0.2, -0.15) is 9.69 Å². The van der Waals surface area contributed by atoms with Gasteiger partial charge in [0, 0.05) is 25.3 Å². The van der Waals surface area contributed by atoms with Gasteiger partial charge >= 0.3 is 11.9 Å². The Morgan fingerprint density at radius 3 is 2.69 bits per heavy atom. The van der Waals surface area contributed by atoms with Gasteiger partial charge in [-0.1, -0.05) is 11.8 Å². The number of hydrogen-bond acceptors (Lipinski definition) is 7. The van der Waals surface area contributed by atoms with E-state index in [1.165, 1.54) is 28.3 Å². The number of rotatable bonds is 4. The number of amides is 3. The third-order valence-corrected chi connectivity index (χ3v) is 5.85. The molecule has 1 atom stereocenters. The summed E-state index contributed by atoms with van der Waals surface area (Å²) in [7, 11) is 3.22. The van der Waals surface area contributed by atoms with Gasteiger partial charge in [-0.3, -0.25) is 4.90 Å². The van der Waals surface area contributed by atoms with Crippen molar-refractivity contribution in [1.82, 2.24) is 19.8 Å². The lowest BCUT2D eigenvalue weighted by molar-refractivity contribution is -0.401. The molecule has 26 heavy (non-hydrogen) atoms. The van der Waals surface area contributed by atoms with Crippen molar-refractivity contribution in [2.24, 2.45) is 0 Å². The molecule has 3 rings (SSSR count). The Kier molecular flexibility index (Phi) is 5.93. The minimum absolute atomic E-state index is 0.164. The first-order valence-electron chi connectivity index (χ1n) is 8.37. The summed E-state index contributed by atoms with van der Waals surface area (Å²) >= 11 is 4.99. The zero-order chi connectivity index (χ0) is 18.8. The maximum atomic E-state index is 12.4. The molecule has 8 nitrogen and oxygen atoms in total. The summed E-state index contributed by atoms with van der Waals surface area (Å²) in [5.41, 5.74) is 0. The third kappa shape index (κ3) is 3.91. The van der Waals surface area contributed by atoms with Gasteiger partial charge in [-0.05, 0) is 35.0 Å². The summed E-state index contributed by atoms with van der Waals surface area (Å²) < 4.78 is 2.33. The highest BCUT2D eigenvalue weighted by Gasteiger charge is 2.42. The molecule has 3 heterocycles. The molecule has 0 radical (unpaired) electrons. The average Bonchev–Trinajstić information content (AvgIpc) is 2.65. The number of anilines is 1. The van der Waals surface area contributed by atoms with Crippen molar-refractivity contribution in [3.63, 3.8) is 0 Å². The van der Waals surface area contributed by atoms with E-state index in [9.17, 15) is 9.59 Å². The van der Waals surface area contributed by atoms with Crippen LogP contribution in [0.15, 0.2) is 15.8 Å². The molecule has 1 fully saturated rings. The van der Waals surface area contributed by atoms with E-state index in [0.29, 0.717) is 0 Å². The standard InChI is InChI=1S/C16H22BrN6O2S/c1-21-9-12(14(24)22(2)16(21)25)23-6-4-10(5-7-23)19-13-11(17)8-18-15(20-13)26-3/h8-10,12H,4-7H2,1-3H3,(H,18,19,20)/q+1. The van der Waals surface area contributed by atoms with E-state index in [1.807, 2.05) is 6.26 Å². The van der Waals surface area contributed by atoms with Crippen molar-refractivity contribution >= 4 is 51.7 Å². The zero-order valence-electron chi connectivity index (χ0n) is 15.0. The van der Waals surface area contributed by atoms with E-state index < -0.39 is 0 Å². The number of carbonyl (C=O) groups excluding carboxylic acids is 2. The molecule has 0 spiro atoms. The van der Waals surface area contributed by atoms with Crippen molar-refractivity contribution in [2.45, 2.75) is 30.1 Å². The van der Waals surface area contributed by atoms with E-state index in [2.05, 4.69) is 36.1 Å². The predicted octanol–water partition coefficient (Wildman–Crippen LogP) is 1.51. The molecule has 0 saturated carbocycles. The number of halogens is 1. The minimum Gasteiger partial charge on any atom is -0.366 e. The van der Waals surface area contributed by atoms with Crippen molar-refractivity contribution in [3.8, 4) is 0 Å². The number of aromatic nitrogens is 2. The molecule has 1 unspecified atom stereocenters. The van der Waals surface area contributed by atoms with Gasteiger partial charge in [0.2, 0.25) is 0 Å². The number of urea groups is 1. The SMILES string of the molecule is CSc1ncc(Br)c(NC2CCN(C3C=[N+](C)C(=O)N(C)C3=O)CC2)n1. The lowest BCUT2D eigenvalue weighted by atomic mass is 10.0. The molecule has 0 aliphatic carbocycles. The number of thioether (sulfide) groups is 1. The zero-order valence-corrected chi connectivity index (χ0v) is 17.4. The Hall–Kier alpha value is -1.52. The van der Waals surface area contributed by atoms with Crippen LogP contribution in [0, 0.1) is 0 Å². The molecular formula is C16H22BrN6O2S+. The lowest BCUT2D eigenvalue weighted by Crippen LogP contribution is -2.58. The minimum atomic E-state index is -0.377. The van der Waals surface area contributed by atoms with E-state index in [1.54, 1.807) is 19.5 Å². The van der Waals surface area contributed by atoms with Gasteiger partial charge in [0.15, 0.2) is 11.2 Å². The number of carbonyl (C=O) groups is 2. The Morgan fingerprint density at radius 2 is 2.04 bits per heavy atom. The maximum Gasteiger partial charge on any atom is 0.500 e. The van der Waals surface area contributed by atoms with E-state index in [4.69, 9.17) is 0 Å². The predicted molar refractivity (Wildman–Crippen MR) is 104 cm³/mol. The highest BCUT2D eigenvalue weighted by atomic mass is 79.9. The molecule has 0 bridgehead atoms. The Balaban J connectivity index is 1.63. The molecule has 2 aliphatic heterocycles. The summed E-state index contributed by atoms with van der Waals surface area (Å²) in [4.78, 5) is 36.3. The number of piperidine rings is 1. The van der Waals surface area contributed by atoms with Crippen LogP contribution in [0.4, 0.5) is 10.6 Å². The van der Waals surface area contributed by atoms with Crippen LogP contribution in [0.2, 0.25) is 0 Å². The van der Waals surface area contributed by atoms with Crippen LogP contribution >= 0.6 is 27.7 Å².